The maximum absolute atomic E-state index is 6.51. The lowest BCUT2D eigenvalue weighted by molar-refractivity contribution is 0.655. The molecular weight excluding hydrogens is 552 g/mol. The van der Waals surface area contributed by atoms with Crippen LogP contribution < -0.4 is 0 Å². The molecule has 210 valence electrons. The highest BCUT2D eigenvalue weighted by atomic mass is 16.3. The van der Waals surface area contributed by atoms with Crippen molar-refractivity contribution < 1.29 is 4.42 Å². The summed E-state index contributed by atoms with van der Waals surface area (Å²) in [6.45, 7) is 0. The van der Waals surface area contributed by atoms with Crippen molar-refractivity contribution in [2.24, 2.45) is 0 Å². The second kappa shape index (κ2) is 10.2. The van der Waals surface area contributed by atoms with Crippen LogP contribution in [0.15, 0.2) is 150 Å². The van der Waals surface area contributed by atoms with Gasteiger partial charge in [-0.1, -0.05) is 121 Å². The Labute approximate surface area is 258 Å². The first kappa shape index (κ1) is 25.3. The van der Waals surface area contributed by atoms with Crippen LogP contribution in [0, 0.1) is 0 Å². The highest BCUT2D eigenvalue weighted by molar-refractivity contribution is 6.14. The standard InChI is InChI=1S/C40H24N4O/c1-2-11-27(12-3-1)37-42-38(31-20-18-26-10-5-7-14-29(26)24-31)44-39(43-37)34-21-22-41-40-35(34)33-16-8-15-32(36(33)45-40)30-19-17-25-9-4-6-13-28(25)23-30/h1-24H. The van der Waals surface area contributed by atoms with Crippen LogP contribution in [-0.4, -0.2) is 19.9 Å². The van der Waals surface area contributed by atoms with Gasteiger partial charge in [0, 0.05) is 33.8 Å². The third-order valence-electron chi connectivity index (χ3n) is 8.38. The van der Waals surface area contributed by atoms with Gasteiger partial charge in [0.1, 0.15) is 5.58 Å². The average Bonchev–Trinajstić information content (AvgIpc) is 3.51. The number of benzene rings is 6. The van der Waals surface area contributed by atoms with Crippen LogP contribution in [-0.2, 0) is 0 Å². The van der Waals surface area contributed by atoms with Gasteiger partial charge in [-0.05, 0) is 45.3 Å². The second-order valence-electron chi connectivity index (χ2n) is 11.1. The summed E-state index contributed by atoms with van der Waals surface area (Å²) in [4.78, 5) is 19.7. The Kier molecular flexibility index (Phi) is 5.74. The largest absolute Gasteiger partial charge is 0.437 e. The molecular formula is C40H24N4O. The molecule has 0 unspecified atom stereocenters. The number of nitrogens with zero attached hydrogens (tertiary/aromatic N) is 4. The Balaban J connectivity index is 1.27. The smallest absolute Gasteiger partial charge is 0.228 e. The molecule has 3 aromatic heterocycles. The Morgan fingerprint density at radius 1 is 0.422 bits per heavy atom. The van der Waals surface area contributed by atoms with E-state index in [2.05, 4.69) is 96.0 Å². The summed E-state index contributed by atoms with van der Waals surface area (Å²) < 4.78 is 6.51. The molecule has 6 aromatic carbocycles. The number of pyridine rings is 1. The zero-order valence-corrected chi connectivity index (χ0v) is 24.1. The summed E-state index contributed by atoms with van der Waals surface area (Å²) in [7, 11) is 0. The van der Waals surface area contributed by atoms with Crippen molar-refractivity contribution in [1.29, 1.82) is 0 Å². The molecule has 0 bridgehead atoms. The lowest BCUT2D eigenvalue weighted by Crippen LogP contribution is -2.00. The van der Waals surface area contributed by atoms with Crippen LogP contribution in [0.4, 0.5) is 0 Å². The molecule has 9 rings (SSSR count). The first-order chi connectivity index (χ1) is 22.3. The molecule has 0 aliphatic heterocycles. The molecule has 3 heterocycles. The fourth-order valence-corrected chi connectivity index (χ4v) is 6.16. The van der Waals surface area contributed by atoms with Crippen molar-refractivity contribution in [2.45, 2.75) is 0 Å². The van der Waals surface area contributed by atoms with Gasteiger partial charge in [-0.3, -0.25) is 0 Å². The van der Waals surface area contributed by atoms with E-state index >= 15 is 0 Å². The number of hydrogen-bond donors (Lipinski definition) is 0. The summed E-state index contributed by atoms with van der Waals surface area (Å²) in [6, 6.07) is 47.8. The maximum Gasteiger partial charge on any atom is 0.228 e. The van der Waals surface area contributed by atoms with Gasteiger partial charge in [0.15, 0.2) is 17.5 Å². The number of furan rings is 1. The summed E-state index contributed by atoms with van der Waals surface area (Å²) in [6.07, 6.45) is 1.76. The first-order valence-corrected chi connectivity index (χ1v) is 14.9. The zero-order valence-electron chi connectivity index (χ0n) is 24.1. The third kappa shape index (κ3) is 4.33. The van der Waals surface area contributed by atoms with E-state index in [9.17, 15) is 0 Å². The van der Waals surface area contributed by atoms with Crippen LogP contribution in [0.1, 0.15) is 0 Å². The molecule has 5 nitrogen and oxygen atoms in total. The molecule has 5 heteroatoms. The fraction of sp³-hybridized carbons (Fsp3) is 0. The van der Waals surface area contributed by atoms with E-state index in [0.29, 0.717) is 23.2 Å². The second-order valence-corrected chi connectivity index (χ2v) is 11.1. The number of aromatic nitrogens is 4. The molecule has 9 aromatic rings. The van der Waals surface area contributed by atoms with E-state index in [0.717, 1.165) is 49.6 Å². The number of para-hydroxylation sites is 1. The van der Waals surface area contributed by atoms with E-state index in [1.54, 1.807) is 6.20 Å². The third-order valence-corrected chi connectivity index (χ3v) is 8.38. The number of hydrogen-bond acceptors (Lipinski definition) is 5. The van der Waals surface area contributed by atoms with Crippen molar-refractivity contribution in [3.8, 4) is 45.3 Å². The highest BCUT2D eigenvalue weighted by Crippen LogP contribution is 2.40. The molecule has 0 aliphatic carbocycles. The fourth-order valence-electron chi connectivity index (χ4n) is 6.16. The quantitative estimate of drug-likeness (QED) is 0.209. The molecule has 0 saturated carbocycles. The van der Waals surface area contributed by atoms with E-state index < -0.39 is 0 Å². The van der Waals surface area contributed by atoms with Gasteiger partial charge in [0.2, 0.25) is 5.71 Å². The summed E-state index contributed by atoms with van der Waals surface area (Å²) in [5.74, 6) is 1.79. The molecule has 0 amide bonds. The van der Waals surface area contributed by atoms with Crippen LogP contribution in [0.25, 0.3) is 88.9 Å². The lowest BCUT2D eigenvalue weighted by atomic mass is 9.98. The minimum atomic E-state index is 0.546. The number of fused-ring (bicyclic) bond motifs is 5. The predicted molar refractivity (Wildman–Crippen MR) is 182 cm³/mol. The topological polar surface area (TPSA) is 64.7 Å². The van der Waals surface area contributed by atoms with Crippen LogP contribution in [0.3, 0.4) is 0 Å². The van der Waals surface area contributed by atoms with Gasteiger partial charge >= 0.3 is 0 Å². The maximum atomic E-state index is 6.51. The predicted octanol–water partition coefficient (Wildman–Crippen LogP) is 10.1. The minimum Gasteiger partial charge on any atom is -0.437 e. The highest BCUT2D eigenvalue weighted by Gasteiger charge is 2.20. The van der Waals surface area contributed by atoms with Gasteiger partial charge in [-0.15, -0.1) is 0 Å². The SMILES string of the molecule is c1ccc(-c2nc(-c3ccc4ccccc4c3)nc(-c3ccnc4oc5c(-c6ccc7ccccc7c6)cccc5c34)n2)cc1. The molecule has 0 saturated heterocycles. The normalized spacial score (nSPS) is 11.6. The van der Waals surface area contributed by atoms with E-state index in [-0.39, 0.29) is 0 Å². The summed E-state index contributed by atoms with van der Waals surface area (Å²) in [5.41, 5.74) is 6.12. The molecule has 0 spiro atoms. The van der Waals surface area contributed by atoms with E-state index in [1.807, 2.05) is 48.5 Å². The molecule has 0 atom stereocenters. The van der Waals surface area contributed by atoms with Crippen molar-refractivity contribution >= 4 is 43.6 Å². The van der Waals surface area contributed by atoms with Crippen LogP contribution in [0.2, 0.25) is 0 Å². The molecule has 0 aliphatic rings. The van der Waals surface area contributed by atoms with Crippen molar-refractivity contribution in [3.05, 3.63) is 146 Å². The minimum absolute atomic E-state index is 0.546. The van der Waals surface area contributed by atoms with Crippen LogP contribution in [0.5, 0.6) is 0 Å². The Morgan fingerprint density at radius 2 is 1.04 bits per heavy atom. The van der Waals surface area contributed by atoms with E-state index in [4.69, 9.17) is 19.4 Å². The van der Waals surface area contributed by atoms with Gasteiger partial charge in [0.25, 0.3) is 0 Å². The van der Waals surface area contributed by atoms with Gasteiger partial charge in [0.05, 0.1) is 5.39 Å². The molecule has 45 heavy (non-hydrogen) atoms. The van der Waals surface area contributed by atoms with Crippen molar-refractivity contribution in [1.82, 2.24) is 19.9 Å². The first-order valence-electron chi connectivity index (χ1n) is 14.9. The monoisotopic (exact) mass is 576 g/mol. The number of rotatable bonds is 4. The molecule has 0 N–H and O–H groups in total. The van der Waals surface area contributed by atoms with Crippen LogP contribution >= 0.6 is 0 Å². The Hall–Kier alpha value is -6.20. The van der Waals surface area contributed by atoms with E-state index in [1.165, 1.54) is 16.2 Å². The molecule has 0 fully saturated rings. The zero-order chi connectivity index (χ0) is 29.7. The van der Waals surface area contributed by atoms with Crippen molar-refractivity contribution in [3.63, 3.8) is 0 Å². The molecule has 0 radical (unpaired) electrons. The summed E-state index contributed by atoms with van der Waals surface area (Å²) in [5, 5.41) is 6.53. The Bertz CT molecular complexity index is 2550. The summed E-state index contributed by atoms with van der Waals surface area (Å²) >= 11 is 0. The van der Waals surface area contributed by atoms with Gasteiger partial charge < -0.3 is 4.42 Å². The average molecular weight is 577 g/mol. The Morgan fingerprint density at radius 3 is 1.80 bits per heavy atom. The van der Waals surface area contributed by atoms with Gasteiger partial charge in [-0.2, -0.15) is 0 Å². The lowest BCUT2D eigenvalue weighted by Gasteiger charge is -2.09. The van der Waals surface area contributed by atoms with Gasteiger partial charge in [-0.25, -0.2) is 19.9 Å². The van der Waals surface area contributed by atoms with Crippen molar-refractivity contribution in [2.75, 3.05) is 0 Å².